The lowest BCUT2D eigenvalue weighted by atomic mass is 10.0. The van der Waals surface area contributed by atoms with Crippen molar-refractivity contribution in [3.63, 3.8) is 0 Å². The average Bonchev–Trinajstić information content (AvgIpc) is 2.44. The van der Waals surface area contributed by atoms with Crippen LogP contribution in [0.1, 0.15) is 40.8 Å². The molecule has 0 aliphatic heterocycles. The van der Waals surface area contributed by atoms with Gasteiger partial charge in [0.2, 0.25) is 10.0 Å². The molecule has 5 heteroatoms. The summed E-state index contributed by atoms with van der Waals surface area (Å²) in [7, 11) is -3.62. The Hall–Kier alpha value is -1.36. The lowest BCUT2D eigenvalue weighted by Crippen LogP contribution is -2.28. The molecule has 0 radical (unpaired) electrons. The molecule has 0 heterocycles. The Morgan fingerprint density at radius 1 is 0.957 bits per heavy atom. The zero-order valence-corrected chi connectivity index (χ0v) is 15.6. The highest BCUT2D eigenvalue weighted by Crippen LogP contribution is 2.26. The van der Waals surface area contributed by atoms with E-state index in [0.29, 0.717) is 10.6 Å². The van der Waals surface area contributed by atoms with Crippen LogP contribution < -0.4 is 4.72 Å². The number of hydrogen-bond acceptors (Lipinski definition) is 2. The summed E-state index contributed by atoms with van der Waals surface area (Å²) >= 11 is 6.06. The van der Waals surface area contributed by atoms with Crippen LogP contribution in [0, 0.1) is 27.7 Å². The van der Waals surface area contributed by atoms with Crippen molar-refractivity contribution in [3.05, 3.63) is 63.2 Å². The summed E-state index contributed by atoms with van der Waals surface area (Å²) in [5, 5.41) is 0.573. The Bertz CT molecular complexity index is 844. The first-order chi connectivity index (χ1) is 10.6. The molecular weight excluding hydrogens is 330 g/mol. The molecule has 0 aromatic heterocycles. The Labute approximate surface area is 143 Å². The van der Waals surface area contributed by atoms with Gasteiger partial charge < -0.3 is 0 Å². The van der Waals surface area contributed by atoms with E-state index in [-0.39, 0.29) is 10.9 Å². The van der Waals surface area contributed by atoms with Gasteiger partial charge in [0, 0.05) is 11.1 Å². The number of aryl methyl sites for hydroxylation is 4. The van der Waals surface area contributed by atoms with E-state index in [9.17, 15) is 8.42 Å². The normalized spacial score (nSPS) is 13.1. The predicted molar refractivity (Wildman–Crippen MR) is 95.6 cm³/mol. The monoisotopic (exact) mass is 351 g/mol. The van der Waals surface area contributed by atoms with Crippen LogP contribution in [0.5, 0.6) is 0 Å². The number of halogens is 1. The SMILES string of the molecule is Cc1ccc(C)c(C(C)NS(=O)(=O)c2cc(C)c(Cl)cc2C)c1. The van der Waals surface area contributed by atoms with Gasteiger partial charge in [0.1, 0.15) is 0 Å². The molecule has 2 aromatic carbocycles. The molecule has 124 valence electrons. The van der Waals surface area contributed by atoms with E-state index < -0.39 is 10.0 Å². The summed E-state index contributed by atoms with van der Waals surface area (Å²) in [6.07, 6.45) is 0. The van der Waals surface area contributed by atoms with Crippen molar-refractivity contribution in [3.8, 4) is 0 Å². The first-order valence-electron chi connectivity index (χ1n) is 7.48. The second-order valence-electron chi connectivity index (χ2n) is 6.07. The van der Waals surface area contributed by atoms with Crippen molar-refractivity contribution >= 4 is 21.6 Å². The Kier molecular flexibility index (Phi) is 5.19. The Balaban J connectivity index is 2.38. The number of hydrogen-bond donors (Lipinski definition) is 1. The summed E-state index contributed by atoms with van der Waals surface area (Å²) in [6, 6.07) is 9.04. The van der Waals surface area contributed by atoms with Gasteiger partial charge in [-0.05, 0) is 69.0 Å². The fraction of sp³-hybridized carbons (Fsp3) is 0.333. The zero-order valence-electron chi connectivity index (χ0n) is 14.1. The molecule has 23 heavy (non-hydrogen) atoms. The van der Waals surface area contributed by atoms with Gasteiger partial charge in [-0.3, -0.25) is 0 Å². The van der Waals surface area contributed by atoms with Crippen LogP contribution >= 0.6 is 11.6 Å². The number of rotatable bonds is 4. The largest absolute Gasteiger partial charge is 0.241 e. The highest BCUT2D eigenvalue weighted by Gasteiger charge is 2.22. The van der Waals surface area contributed by atoms with Crippen molar-refractivity contribution < 1.29 is 8.42 Å². The fourth-order valence-corrected chi connectivity index (χ4v) is 4.38. The highest BCUT2D eigenvalue weighted by molar-refractivity contribution is 7.89. The van der Waals surface area contributed by atoms with Crippen molar-refractivity contribution in [2.24, 2.45) is 0 Å². The van der Waals surface area contributed by atoms with Crippen LogP contribution in [0.2, 0.25) is 5.02 Å². The van der Waals surface area contributed by atoms with Gasteiger partial charge in [0.15, 0.2) is 0 Å². The average molecular weight is 352 g/mol. The smallest absolute Gasteiger partial charge is 0.207 e. The standard InChI is InChI=1S/C18H22ClNO2S/c1-11-6-7-12(2)16(8-11)15(5)20-23(21,22)18-10-13(3)17(19)9-14(18)4/h6-10,15,20H,1-5H3. The molecule has 0 aliphatic carbocycles. The van der Waals surface area contributed by atoms with Crippen molar-refractivity contribution in [2.75, 3.05) is 0 Å². The van der Waals surface area contributed by atoms with E-state index in [4.69, 9.17) is 11.6 Å². The molecule has 1 atom stereocenters. The van der Waals surface area contributed by atoms with Crippen LogP contribution in [0.3, 0.4) is 0 Å². The van der Waals surface area contributed by atoms with Gasteiger partial charge in [-0.1, -0.05) is 35.4 Å². The van der Waals surface area contributed by atoms with E-state index >= 15 is 0 Å². The fourth-order valence-electron chi connectivity index (χ4n) is 2.63. The molecule has 0 fully saturated rings. The number of sulfonamides is 1. The molecule has 2 aromatic rings. The van der Waals surface area contributed by atoms with Crippen molar-refractivity contribution in [1.82, 2.24) is 4.72 Å². The minimum atomic E-state index is -3.62. The third kappa shape index (κ3) is 3.94. The van der Waals surface area contributed by atoms with Crippen LogP contribution in [0.25, 0.3) is 0 Å². The van der Waals surface area contributed by atoms with E-state index in [2.05, 4.69) is 4.72 Å². The molecule has 0 aliphatic rings. The molecular formula is C18H22ClNO2S. The van der Waals surface area contributed by atoms with Crippen LogP contribution in [-0.2, 0) is 10.0 Å². The van der Waals surface area contributed by atoms with Crippen LogP contribution in [0.15, 0.2) is 35.2 Å². The lowest BCUT2D eigenvalue weighted by molar-refractivity contribution is 0.565. The lowest BCUT2D eigenvalue weighted by Gasteiger charge is -2.19. The minimum Gasteiger partial charge on any atom is -0.207 e. The molecule has 3 nitrogen and oxygen atoms in total. The van der Waals surface area contributed by atoms with E-state index in [1.54, 1.807) is 26.0 Å². The second-order valence-corrected chi connectivity index (χ2v) is 8.16. The molecule has 1 N–H and O–H groups in total. The third-order valence-corrected chi connectivity index (χ3v) is 6.07. The zero-order chi connectivity index (χ0) is 17.4. The maximum absolute atomic E-state index is 12.7. The molecule has 0 spiro atoms. The number of benzene rings is 2. The molecule has 0 bridgehead atoms. The first-order valence-corrected chi connectivity index (χ1v) is 9.34. The third-order valence-electron chi connectivity index (χ3n) is 3.98. The molecule has 2 rings (SSSR count). The minimum absolute atomic E-state index is 0.275. The van der Waals surface area contributed by atoms with Crippen LogP contribution in [0.4, 0.5) is 0 Å². The summed E-state index contributed by atoms with van der Waals surface area (Å²) in [5.41, 5.74) is 4.54. The predicted octanol–water partition coefficient (Wildman–Crippen LogP) is 4.61. The molecule has 0 amide bonds. The van der Waals surface area contributed by atoms with E-state index in [1.807, 2.05) is 39.0 Å². The van der Waals surface area contributed by atoms with Gasteiger partial charge >= 0.3 is 0 Å². The van der Waals surface area contributed by atoms with Gasteiger partial charge in [0.25, 0.3) is 0 Å². The summed E-state index contributed by atoms with van der Waals surface area (Å²) in [5.74, 6) is 0. The first kappa shape index (κ1) is 18.0. The van der Waals surface area contributed by atoms with Gasteiger partial charge in [-0.2, -0.15) is 0 Å². The van der Waals surface area contributed by atoms with Gasteiger partial charge in [-0.25, -0.2) is 13.1 Å². The second kappa shape index (κ2) is 6.63. The summed E-state index contributed by atoms with van der Waals surface area (Å²) in [4.78, 5) is 0.275. The van der Waals surface area contributed by atoms with Gasteiger partial charge in [0.05, 0.1) is 4.90 Å². The summed E-state index contributed by atoms with van der Waals surface area (Å²) < 4.78 is 28.3. The quantitative estimate of drug-likeness (QED) is 0.874. The van der Waals surface area contributed by atoms with Crippen molar-refractivity contribution in [2.45, 2.75) is 45.6 Å². The topological polar surface area (TPSA) is 46.2 Å². The number of nitrogens with one attached hydrogen (secondary N) is 1. The van der Waals surface area contributed by atoms with Crippen LogP contribution in [-0.4, -0.2) is 8.42 Å². The highest BCUT2D eigenvalue weighted by atomic mass is 35.5. The molecule has 0 saturated carbocycles. The molecule has 0 saturated heterocycles. The van der Waals surface area contributed by atoms with E-state index in [1.165, 1.54) is 0 Å². The maximum atomic E-state index is 12.7. The summed E-state index contributed by atoms with van der Waals surface area (Å²) in [6.45, 7) is 9.39. The van der Waals surface area contributed by atoms with E-state index in [0.717, 1.165) is 22.3 Å². The maximum Gasteiger partial charge on any atom is 0.241 e. The van der Waals surface area contributed by atoms with Crippen molar-refractivity contribution in [1.29, 1.82) is 0 Å². The Morgan fingerprint density at radius 3 is 2.26 bits per heavy atom. The Morgan fingerprint density at radius 2 is 1.61 bits per heavy atom. The van der Waals surface area contributed by atoms with Gasteiger partial charge in [-0.15, -0.1) is 0 Å². The molecule has 1 unspecified atom stereocenters.